The minimum absolute atomic E-state index is 0.0707. The predicted molar refractivity (Wildman–Crippen MR) is 280 cm³/mol. The molecule has 0 fully saturated rings. The van der Waals surface area contributed by atoms with Gasteiger partial charge < -0.3 is 5.73 Å². The van der Waals surface area contributed by atoms with Crippen molar-refractivity contribution in [1.29, 1.82) is 0 Å². The van der Waals surface area contributed by atoms with Crippen LogP contribution in [0.1, 0.15) is 94.9 Å². The van der Waals surface area contributed by atoms with Crippen molar-refractivity contribution in [2.24, 2.45) is 11.7 Å². The van der Waals surface area contributed by atoms with E-state index in [-0.39, 0.29) is 11.8 Å². The molecule has 0 aromatic heterocycles. The SMILES string of the molecule is CC.CC.CCC1=C(C2=C/CC#CC(C(/C=C(\N)c3cc(-c4cccc5ccc6ccccc6c45)ccc3-c3cccc4ccc5c(c34)C=CCC5)c3ccccc3)/C=C\2)C=CCC1. The number of benzene rings is 7. The van der Waals surface area contributed by atoms with Crippen LogP contribution in [0.15, 0.2) is 193 Å². The minimum Gasteiger partial charge on any atom is -0.398 e. The van der Waals surface area contributed by atoms with Crippen molar-refractivity contribution < 1.29 is 0 Å². The van der Waals surface area contributed by atoms with E-state index in [2.05, 4.69) is 201 Å². The molecule has 0 saturated carbocycles. The fourth-order valence-corrected chi connectivity index (χ4v) is 9.82. The molecule has 0 bridgehead atoms. The number of hydrogen-bond acceptors (Lipinski definition) is 1. The zero-order valence-electron chi connectivity index (χ0n) is 38.3. The lowest BCUT2D eigenvalue weighted by Crippen LogP contribution is -2.11. The topological polar surface area (TPSA) is 26.0 Å². The zero-order chi connectivity index (χ0) is 44.4. The second kappa shape index (κ2) is 20.5. The molecular formula is C63H61N. The Bertz CT molecular complexity index is 3060. The Kier molecular flexibility index (Phi) is 14.0. The van der Waals surface area contributed by atoms with Crippen LogP contribution in [-0.2, 0) is 6.42 Å². The standard InChI is InChI=1S/C59H49N.2C2H6/c1-2-40-16-8-11-25-49(40)42-19-6-7-22-45(31-30-42)55(41-17-4-3-5-18-41)39-57(60)56-38-48(52-28-14-23-46-34-32-43-20-9-12-26-50(43)58(46)52)36-37-53(56)54-29-15-24-47-35-33-44-21-10-13-27-51(44)59(47)54;2*1-2/h3-5,9,11-15,17-20,23-39,45,55H,2,6,8,10,16,21,60H2,1H3;2*1-2H3/b31-30-,42-19+,57-39-;;. The molecular weight excluding hydrogens is 771 g/mol. The maximum atomic E-state index is 7.61. The molecule has 0 amide bonds. The van der Waals surface area contributed by atoms with Crippen LogP contribution >= 0.6 is 0 Å². The fraction of sp³-hybridized carbons (Fsp3) is 0.206. The summed E-state index contributed by atoms with van der Waals surface area (Å²) in [6.07, 6.45) is 24.7. The predicted octanol–water partition coefficient (Wildman–Crippen LogP) is 17.1. The first kappa shape index (κ1) is 43.8. The van der Waals surface area contributed by atoms with Gasteiger partial charge in [0.15, 0.2) is 0 Å². The summed E-state index contributed by atoms with van der Waals surface area (Å²) in [6.45, 7) is 10.3. The van der Waals surface area contributed by atoms with Crippen LogP contribution in [-0.4, -0.2) is 0 Å². The highest BCUT2D eigenvalue weighted by atomic mass is 14.6. The number of allylic oxidation sites excluding steroid dienone is 10. The second-order valence-electron chi connectivity index (χ2n) is 16.4. The highest BCUT2D eigenvalue weighted by molar-refractivity contribution is 6.14. The average Bonchev–Trinajstić information content (AvgIpc) is 3.36. The first-order chi connectivity index (χ1) is 31.6. The summed E-state index contributed by atoms with van der Waals surface area (Å²) in [4.78, 5) is 0. The molecule has 0 saturated heterocycles. The molecule has 2 unspecified atom stereocenters. The van der Waals surface area contributed by atoms with Crippen LogP contribution in [0, 0.1) is 17.8 Å². The van der Waals surface area contributed by atoms with Gasteiger partial charge in [0, 0.05) is 29.5 Å². The first-order valence-corrected chi connectivity index (χ1v) is 23.7. The molecule has 1 heteroatoms. The molecule has 7 aromatic rings. The van der Waals surface area contributed by atoms with Gasteiger partial charge in [-0.05, 0) is 121 Å². The van der Waals surface area contributed by atoms with Crippen LogP contribution in [0.2, 0.25) is 0 Å². The molecule has 3 aliphatic rings. The molecule has 318 valence electrons. The average molecular weight is 832 g/mol. The van der Waals surface area contributed by atoms with Crippen molar-refractivity contribution in [3.63, 3.8) is 0 Å². The van der Waals surface area contributed by atoms with Crippen molar-refractivity contribution in [2.75, 3.05) is 0 Å². The van der Waals surface area contributed by atoms with E-state index >= 15 is 0 Å². The highest BCUT2D eigenvalue weighted by Crippen LogP contribution is 2.42. The van der Waals surface area contributed by atoms with Crippen LogP contribution in [0.5, 0.6) is 0 Å². The van der Waals surface area contributed by atoms with Crippen molar-refractivity contribution >= 4 is 44.1 Å². The summed E-state index contributed by atoms with van der Waals surface area (Å²) in [6, 6.07) is 49.0. The van der Waals surface area contributed by atoms with Crippen LogP contribution in [0.4, 0.5) is 0 Å². The molecule has 0 heterocycles. The molecule has 0 spiro atoms. The summed E-state index contributed by atoms with van der Waals surface area (Å²) in [5.41, 5.74) is 22.2. The number of hydrogen-bond donors (Lipinski definition) is 1. The third-order valence-electron chi connectivity index (χ3n) is 12.9. The van der Waals surface area contributed by atoms with Gasteiger partial charge in [0.1, 0.15) is 0 Å². The van der Waals surface area contributed by atoms with Gasteiger partial charge in [-0.3, -0.25) is 0 Å². The van der Waals surface area contributed by atoms with Crippen LogP contribution in [0.3, 0.4) is 0 Å². The van der Waals surface area contributed by atoms with E-state index in [1.807, 2.05) is 27.7 Å². The van der Waals surface area contributed by atoms with E-state index in [0.717, 1.165) is 60.9 Å². The van der Waals surface area contributed by atoms with Crippen LogP contribution in [0.25, 0.3) is 66.3 Å². The zero-order valence-corrected chi connectivity index (χ0v) is 38.3. The van der Waals surface area contributed by atoms with Gasteiger partial charge in [-0.25, -0.2) is 0 Å². The summed E-state index contributed by atoms with van der Waals surface area (Å²) < 4.78 is 0. The lowest BCUT2D eigenvalue weighted by molar-refractivity contribution is 0.727. The van der Waals surface area contributed by atoms with Crippen molar-refractivity contribution in [3.05, 3.63) is 215 Å². The third-order valence-corrected chi connectivity index (χ3v) is 12.9. The number of fused-ring (bicyclic) bond motifs is 6. The van der Waals surface area contributed by atoms with E-state index in [4.69, 9.17) is 5.73 Å². The normalized spacial score (nSPS) is 17.4. The largest absolute Gasteiger partial charge is 0.398 e. The van der Waals surface area contributed by atoms with Crippen LogP contribution < -0.4 is 5.73 Å². The molecule has 0 aliphatic heterocycles. The van der Waals surface area contributed by atoms with Gasteiger partial charge in [0.2, 0.25) is 0 Å². The van der Waals surface area contributed by atoms with Crippen molar-refractivity contribution in [2.45, 2.75) is 79.1 Å². The van der Waals surface area contributed by atoms with E-state index in [9.17, 15) is 0 Å². The van der Waals surface area contributed by atoms with Gasteiger partial charge in [0.05, 0.1) is 0 Å². The Labute approximate surface area is 382 Å². The summed E-state index contributed by atoms with van der Waals surface area (Å²) in [7, 11) is 0. The monoisotopic (exact) mass is 831 g/mol. The Morgan fingerprint density at radius 3 is 2.20 bits per heavy atom. The second-order valence-corrected chi connectivity index (χ2v) is 16.4. The Balaban J connectivity index is 0.00000136. The van der Waals surface area contributed by atoms with Gasteiger partial charge in [-0.15, -0.1) is 0 Å². The highest BCUT2D eigenvalue weighted by Gasteiger charge is 2.23. The van der Waals surface area contributed by atoms with Gasteiger partial charge in [-0.2, -0.15) is 0 Å². The van der Waals surface area contributed by atoms with E-state index < -0.39 is 0 Å². The summed E-state index contributed by atoms with van der Waals surface area (Å²) in [5.74, 6) is 7.09. The van der Waals surface area contributed by atoms with Gasteiger partial charge >= 0.3 is 0 Å². The molecule has 0 radical (unpaired) electrons. The van der Waals surface area contributed by atoms with Gasteiger partial charge in [-0.1, -0.05) is 228 Å². The summed E-state index contributed by atoms with van der Waals surface area (Å²) >= 11 is 0. The van der Waals surface area contributed by atoms with E-state index in [0.29, 0.717) is 0 Å². The number of aryl methyl sites for hydroxylation is 1. The Hall–Kier alpha value is -6.88. The maximum Gasteiger partial charge on any atom is 0.0490 e. The molecule has 2 N–H and O–H groups in total. The van der Waals surface area contributed by atoms with E-state index in [1.165, 1.54) is 76.9 Å². The van der Waals surface area contributed by atoms with Crippen molar-refractivity contribution in [1.82, 2.24) is 0 Å². The Morgan fingerprint density at radius 2 is 1.38 bits per heavy atom. The smallest absolute Gasteiger partial charge is 0.0490 e. The van der Waals surface area contributed by atoms with E-state index in [1.54, 1.807) is 0 Å². The molecule has 7 aromatic carbocycles. The lowest BCUT2D eigenvalue weighted by atomic mass is 9.81. The molecule has 64 heavy (non-hydrogen) atoms. The molecule has 2 atom stereocenters. The molecule has 3 aliphatic carbocycles. The Morgan fingerprint density at radius 1 is 0.672 bits per heavy atom. The maximum absolute atomic E-state index is 7.61. The quantitative estimate of drug-likeness (QED) is 0.120. The van der Waals surface area contributed by atoms with Crippen molar-refractivity contribution in [3.8, 4) is 34.1 Å². The fourth-order valence-electron chi connectivity index (χ4n) is 9.82. The van der Waals surface area contributed by atoms with Gasteiger partial charge in [0.25, 0.3) is 0 Å². The lowest BCUT2D eigenvalue weighted by Gasteiger charge is -2.23. The third kappa shape index (κ3) is 8.84. The summed E-state index contributed by atoms with van der Waals surface area (Å²) in [5, 5.41) is 7.51. The molecule has 1 nitrogen and oxygen atoms in total. The first-order valence-electron chi connectivity index (χ1n) is 23.7. The number of rotatable bonds is 8. The molecule has 10 rings (SSSR count). The number of nitrogens with two attached hydrogens (primary N) is 1. The minimum atomic E-state index is -0.0722.